The molecule has 0 saturated heterocycles. The van der Waals surface area contributed by atoms with Crippen molar-refractivity contribution in [1.82, 2.24) is 9.97 Å². The maximum Gasteiger partial charge on any atom is 0.335 e. The van der Waals surface area contributed by atoms with Gasteiger partial charge in [-0.2, -0.15) is 0 Å². The standard InChI is InChI=1S/C14H22N2O4/c1-4-5-9-18-12(3)13(17)20-11(2)10-19-14-15-7-6-8-16-14/h6-8,11-12H,4-5,9-10H2,1-3H3. The highest BCUT2D eigenvalue weighted by Crippen LogP contribution is 2.03. The number of esters is 1. The molecule has 2 atom stereocenters. The van der Waals surface area contributed by atoms with Gasteiger partial charge in [0.2, 0.25) is 0 Å². The predicted octanol–water partition coefficient (Wildman–Crippen LogP) is 1.99. The molecule has 0 aliphatic carbocycles. The topological polar surface area (TPSA) is 70.5 Å². The average molecular weight is 282 g/mol. The lowest BCUT2D eigenvalue weighted by atomic mass is 10.3. The zero-order valence-electron chi connectivity index (χ0n) is 12.2. The number of carbonyl (C=O) groups excluding carboxylic acids is 1. The first-order valence-corrected chi connectivity index (χ1v) is 6.85. The van der Waals surface area contributed by atoms with Crippen LogP contribution >= 0.6 is 0 Å². The van der Waals surface area contributed by atoms with E-state index in [1.807, 2.05) is 0 Å². The number of hydrogen-bond donors (Lipinski definition) is 0. The summed E-state index contributed by atoms with van der Waals surface area (Å²) in [6, 6.07) is 1.97. The van der Waals surface area contributed by atoms with E-state index in [0.29, 0.717) is 6.61 Å². The van der Waals surface area contributed by atoms with Crippen LogP contribution in [0.25, 0.3) is 0 Å². The van der Waals surface area contributed by atoms with Crippen LogP contribution in [0.2, 0.25) is 0 Å². The highest BCUT2D eigenvalue weighted by molar-refractivity contribution is 5.74. The first kappa shape index (κ1) is 16.4. The van der Waals surface area contributed by atoms with Gasteiger partial charge < -0.3 is 14.2 Å². The quantitative estimate of drug-likeness (QED) is 0.509. The number of carbonyl (C=O) groups is 1. The summed E-state index contributed by atoms with van der Waals surface area (Å²) in [7, 11) is 0. The first-order chi connectivity index (χ1) is 9.63. The molecule has 0 fully saturated rings. The van der Waals surface area contributed by atoms with Crippen molar-refractivity contribution >= 4 is 5.97 Å². The van der Waals surface area contributed by atoms with E-state index < -0.39 is 6.10 Å². The summed E-state index contributed by atoms with van der Waals surface area (Å²) in [6.45, 7) is 6.27. The molecule has 2 unspecified atom stereocenters. The lowest BCUT2D eigenvalue weighted by molar-refractivity contribution is -0.162. The van der Waals surface area contributed by atoms with Crippen LogP contribution < -0.4 is 4.74 Å². The summed E-state index contributed by atoms with van der Waals surface area (Å²) >= 11 is 0. The van der Waals surface area contributed by atoms with Gasteiger partial charge in [0.15, 0.2) is 6.10 Å². The number of unbranched alkanes of at least 4 members (excludes halogenated alkanes) is 1. The summed E-state index contributed by atoms with van der Waals surface area (Å²) in [4.78, 5) is 19.6. The zero-order chi connectivity index (χ0) is 14.8. The molecule has 112 valence electrons. The maximum absolute atomic E-state index is 11.7. The van der Waals surface area contributed by atoms with Gasteiger partial charge in [0.1, 0.15) is 12.7 Å². The second-order valence-corrected chi connectivity index (χ2v) is 4.46. The molecule has 1 aromatic rings. The van der Waals surface area contributed by atoms with Crippen molar-refractivity contribution in [3.63, 3.8) is 0 Å². The lowest BCUT2D eigenvalue weighted by Gasteiger charge is -2.17. The van der Waals surface area contributed by atoms with E-state index in [9.17, 15) is 4.79 Å². The summed E-state index contributed by atoms with van der Waals surface area (Å²) in [5, 5.41) is 0. The number of rotatable bonds is 9. The summed E-state index contributed by atoms with van der Waals surface area (Å²) in [5.41, 5.74) is 0. The van der Waals surface area contributed by atoms with Gasteiger partial charge in [-0.1, -0.05) is 13.3 Å². The largest absolute Gasteiger partial charge is 0.460 e. The van der Waals surface area contributed by atoms with Gasteiger partial charge in [0.05, 0.1) is 0 Å². The third kappa shape index (κ3) is 6.47. The SMILES string of the molecule is CCCCOC(C)C(=O)OC(C)COc1ncccn1. The molecule has 6 heteroatoms. The summed E-state index contributed by atoms with van der Waals surface area (Å²) in [5.74, 6) is -0.383. The molecular weight excluding hydrogens is 260 g/mol. The van der Waals surface area contributed by atoms with Crippen molar-refractivity contribution < 1.29 is 19.0 Å². The van der Waals surface area contributed by atoms with Crippen LogP contribution in [0, 0.1) is 0 Å². The second kappa shape index (κ2) is 9.25. The van der Waals surface area contributed by atoms with E-state index in [-0.39, 0.29) is 24.7 Å². The highest BCUT2D eigenvalue weighted by atomic mass is 16.6. The molecular formula is C14H22N2O4. The van der Waals surface area contributed by atoms with E-state index in [4.69, 9.17) is 14.2 Å². The summed E-state index contributed by atoms with van der Waals surface area (Å²) < 4.78 is 15.9. The van der Waals surface area contributed by atoms with Gasteiger partial charge in [-0.15, -0.1) is 0 Å². The molecule has 20 heavy (non-hydrogen) atoms. The van der Waals surface area contributed by atoms with E-state index in [0.717, 1.165) is 12.8 Å². The molecule has 0 spiro atoms. The van der Waals surface area contributed by atoms with Gasteiger partial charge in [-0.05, 0) is 26.3 Å². The van der Waals surface area contributed by atoms with Crippen LogP contribution in [0.3, 0.4) is 0 Å². The number of nitrogens with zero attached hydrogens (tertiary/aromatic N) is 2. The van der Waals surface area contributed by atoms with Crippen molar-refractivity contribution in [2.75, 3.05) is 13.2 Å². The number of ether oxygens (including phenoxy) is 3. The third-order valence-corrected chi connectivity index (χ3v) is 2.50. The molecule has 0 bridgehead atoms. The fourth-order valence-electron chi connectivity index (χ4n) is 1.35. The van der Waals surface area contributed by atoms with Crippen molar-refractivity contribution in [3.8, 4) is 6.01 Å². The van der Waals surface area contributed by atoms with Crippen molar-refractivity contribution in [1.29, 1.82) is 0 Å². The number of hydrogen-bond acceptors (Lipinski definition) is 6. The van der Waals surface area contributed by atoms with E-state index in [1.54, 1.807) is 32.3 Å². The molecule has 0 N–H and O–H groups in total. The minimum atomic E-state index is -0.558. The van der Waals surface area contributed by atoms with Gasteiger partial charge >= 0.3 is 12.0 Å². The maximum atomic E-state index is 11.7. The van der Waals surface area contributed by atoms with E-state index in [2.05, 4.69) is 16.9 Å². The van der Waals surface area contributed by atoms with E-state index >= 15 is 0 Å². The molecule has 0 saturated carbocycles. The summed E-state index contributed by atoms with van der Waals surface area (Å²) in [6.07, 6.45) is 4.19. The van der Waals surface area contributed by atoms with Crippen LogP contribution in [0.15, 0.2) is 18.5 Å². The molecule has 0 aliphatic rings. The Bertz CT molecular complexity index is 386. The molecule has 0 radical (unpaired) electrons. The fraction of sp³-hybridized carbons (Fsp3) is 0.643. The van der Waals surface area contributed by atoms with Crippen molar-refractivity contribution in [2.24, 2.45) is 0 Å². The minimum absolute atomic E-state index is 0.206. The third-order valence-electron chi connectivity index (χ3n) is 2.50. The van der Waals surface area contributed by atoms with Crippen LogP contribution in [-0.4, -0.2) is 41.4 Å². The Labute approximate surface area is 119 Å². The molecule has 0 aromatic carbocycles. The molecule has 1 aromatic heterocycles. The average Bonchev–Trinajstić information content (AvgIpc) is 2.46. The molecule has 1 rings (SSSR count). The smallest absolute Gasteiger partial charge is 0.335 e. The molecule has 0 aliphatic heterocycles. The molecule has 1 heterocycles. The van der Waals surface area contributed by atoms with Crippen molar-refractivity contribution in [3.05, 3.63) is 18.5 Å². The lowest BCUT2D eigenvalue weighted by Crippen LogP contribution is -2.30. The van der Waals surface area contributed by atoms with Gasteiger partial charge in [0, 0.05) is 19.0 Å². The Morgan fingerprint density at radius 1 is 1.30 bits per heavy atom. The Hall–Kier alpha value is -1.69. The van der Waals surface area contributed by atoms with Crippen LogP contribution in [-0.2, 0) is 14.3 Å². The Morgan fingerprint density at radius 2 is 2.00 bits per heavy atom. The minimum Gasteiger partial charge on any atom is -0.460 e. The first-order valence-electron chi connectivity index (χ1n) is 6.85. The van der Waals surface area contributed by atoms with Gasteiger partial charge in [0.25, 0.3) is 0 Å². The fourth-order valence-corrected chi connectivity index (χ4v) is 1.35. The monoisotopic (exact) mass is 282 g/mol. The van der Waals surface area contributed by atoms with Crippen LogP contribution in [0.5, 0.6) is 6.01 Å². The van der Waals surface area contributed by atoms with Gasteiger partial charge in [-0.25, -0.2) is 14.8 Å². The highest BCUT2D eigenvalue weighted by Gasteiger charge is 2.18. The second-order valence-electron chi connectivity index (χ2n) is 4.46. The molecule has 6 nitrogen and oxygen atoms in total. The van der Waals surface area contributed by atoms with E-state index in [1.165, 1.54) is 0 Å². The van der Waals surface area contributed by atoms with Gasteiger partial charge in [-0.3, -0.25) is 0 Å². The zero-order valence-corrected chi connectivity index (χ0v) is 12.2. The Morgan fingerprint density at radius 3 is 2.65 bits per heavy atom. The number of aromatic nitrogens is 2. The predicted molar refractivity (Wildman–Crippen MR) is 73.4 cm³/mol. The van der Waals surface area contributed by atoms with Crippen LogP contribution in [0.1, 0.15) is 33.6 Å². The Kier molecular flexibility index (Phi) is 7.57. The Balaban J connectivity index is 2.23. The van der Waals surface area contributed by atoms with Crippen LogP contribution in [0.4, 0.5) is 0 Å². The normalized spacial score (nSPS) is 13.6. The molecule has 0 amide bonds. The van der Waals surface area contributed by atoms with Crippen molar-refractivity contribution in [2.45, 2.75) is 45.8 Å².